The van der Waals surface area contributed by atoms with E-state index in [2.05, 4.69) is 50.8 Å². The Kier molecular flexibility index (Phi) is 6.36. The van der Waals surface area contributed by atoms with Crippen LogP contribution in [-0.2, 0) is 14.8 Å². The van der Waals surface area contributed by atoms with E-state index >= 15 is 0 Å². The Morgan fingerprint density at radius 2 is 1.75 bits per heavy atom. The molecule has 36 heavy (non-hydrogen) atoms. The number of carbonyl (C=O) groups is 1. The third-order valence-electron chi connectivity index (χ3n) is 6.57. The van der Waals surface area contributed by atoms with Crippen molar-refractivity contribution in [3.05, 3.63) is 78.9 Å². The molecule has 0 bridgehead atoms. The minimum atomic E-state index is -3.74. The minimum absolute atomic E-state index is 0.102. The van der Waals surface area contributed by atoms with Gasteiger partial charge in [-0.2, -0.15) is 0 Å². The molecule has 0 saturated carbocycles. The van der Waals surface area contributed by atoms with Gasteiger partial charge in [0.2, 0.25) is 5.91 Å². The number of anilines is 2. The van der Waals surface area contributed by atoms with Gasteiger partial charge in [0.1, 0.15) is 18.2 Å². The van der Waals surface area contributed by atoms with Gasteiger partial charge in [0.05, 0.1) is 4.90 Å². The summed E-state index contributed by atoms with van der Waals surface area (Å²) in [4.78, 5) is 25.2. The molecule has 0 radical (unpaired) electrons. The zero-order valence-electron chi connectivity index (χ0n) is 20.2. The molecule has 0 unspecified atom stereocenters. The van der Waals surface area contributed by atoms with Gasteiger partial charge in [-0.25, -0.2) is 18.4 Å². The molecular weight excluding hydrogens is 476 g/mol. The highest BCUT2D eigenvalue weighted by molar-refractivity contribution is 7.92. The highest BCUT2D eigenvalue weighted by Gasteiger charge is 2.27. The zero-order chi connectivity index (χ0) is 25.3. The number of nitrogens with zero attached hydrogens (tertiary/aromatic N) is 5. The molecule has 5 rings (SSSR count). The van der Waals surface area contributed by atoms with Crippen LogP contribution in [0.2, 0.25) is 0 Å². The van der Waals surface area contributed by atoms with Gasteiger partial charge in [-0.3, -0.25) is 9.52 Å². The molecule has 1 atom stereocenters. The van der Waals surface area contributed by atoms with Gasteiger partial charge in [-0.05, 0) is 67.8 Å². The van der Waals surface area contributed by atoms with Crippen LogP contribution in [-0.4, -0.2) is 59.9 Å². The van der Waals surface area contributed by atoms with Crippen LogP contribution in [0.5, 0.6) is 0 Å². The summed E-state index contributed by atoms with van der Waals surface area (Å²) < 4.78 is 29.8. The van der Waals surface area contributed by atoms with Crippen molar-refractivity contribution in [1.29, 1.82) is 0 Å². The molecule has 1 saturated heterocycles. The topological polar surface area (TPSA) is 100 Å². The lowest BCUT2D eigenvalue weighted by molar-refractivity contribution is -0.134. The molecule has 1 aliphatic heterocycles. The van der Waals surface area contributed by atoms with Crippen LogP contribution < -0.4 is 9.62 Å². The van der Waals surface area contributed by atoms with Crippen LogP contribution in [0.1, 0.15) is 18.5 Å². The Morgan fingerprint density at radius 3 is 2.44 bits per heavy atom. The van der Waals surface area contributed by atoms with Crippen molar-refractivity contribution in [3.8, 4) is 0 Å². The third-order valence-corrected chi connectivity index (χ3v) is 7.95. The molecule has 10 heteroatoms. The number of hydrogen-bond donors (Lipinski definition) is 1. The van der Waals surface area contributed by atoms with Gasteiger partial charge in [0.25, 0.3) is 10.0 Å². The second kappa shape index (κ2) is 9.62. The number of aryl methyl sites for hydroxylation is 1. The fraction of sp³-hybridized carbons (Fsp3) is 0.269. The molecule has 3 heterocycles. The molecule has 186 valence electrons. The van der Waals surface area contributed by atoms with Crippen molar-refractivity contribution in [2.75, 3.05) is 35.8 Å². The van der Waals surface area contributed by atoms with E-state index in [9.17, 15) is 13.2 Å². The molecule has 1 N–H and O–H groups in total. The van der Waals surface area contributed by atoms with Crippen LogP contribution in [0.3, 0.4) is 0 Å². The van der Waals surface area contributed by atoms with E-state index in [4.69, 9.17) is 0 Å². The van der Waals surface area contributed by atoms with Gasteiger partial charge < -0.3 is 14.4 Å². The number of rotatable bonds is 6. The molecule has 0 spiro atoms. The lowest BCUT2D eigenvalue weighted by Gasteiger charge is -2.37. The summed E-state index contributed by atoms with van der Waals surface area (Å²) in [7, 11) is -3.74. The SMILES string of the molecule is Cc1ccc2c(ccn2[C@H](C)C(=O)N2CCN(c3ccc(S(=O)(=O)Nc4ccncn4)cc3)CC2)c1. The zero-order valence-corrected chi connectivity index (χ0v) is 21.0. The summed E-state index contributed by atoms with van der Waals surface area (Å²) in [6.07, 6.45) is 4.74. The third kappa shape index (κ3) is 4.76. The second-order valence-corrected chi connectivity index (χ2v) is 10.7. The predicted molar refractivity (Wildman–Crippen MR) is 139 cm³/mol. The van der Waals surface area contributed by atoms with Crippen molar-refractivity contribution in [1.82, 2.24) is 19.4 Å². The number of piperazine rings is 1. The lowest BCUT2D eigenvalue weighted by atomic mass is 10.1. The van der Waals surface area contributed by atoms with E-state index in [1.54, 1.807) is 24.3 Å². The molecular formula is C26H28N6O3S. The first-order valence-electron chi connectivity index (χ1n) is 11.8. The standard InChI is InChI=1S/C26H28N6O3S/c1-19-3-8-24-21(17-19)10-12-32(24)20(2)26(33)31-15-13-30(14-16-31)22-4-6-23(7-5-22)36(34,35)29-25-9-11-27-18-28-25/h3-12,17-18,20H,13-16H2,1-2H3,(H,27,28,29)/t20-/m1/s1. The molecule has 9 nitrogen and oxygen atoms in total. The second-order valence-electron chi connectivity index (χ2n) is 8.97. The van der Waals surface area contributed by atoms with Crippen LogP contribution >= 0.6 is 0 Å². The van der Waals surface area contributed by atoms with Gasteiger partial charge in [0, 0.05) is 49.8 Å². The molecule has 0 aliphatic carbocycles. The maximum Gasteiger partial charge on any atom is 0.263 e. The van der Waals surface area contributed by atoms with Crippen molar-refractivity contribution < 1.29 is 13.2 Å². The van der Waals surface area contributed by atoms with E-state index in [1.807, 2.05) is 22.6 Å². The molecule has 4 aromatic rings. The Morgan fingerprint density at radius 1 is 1.00 bits per heavy atom. The normalized spacial score (nSPS) is 15.2. The van der Waals surface area contributed by atoms with E-state index in [0.717, 1.165) is 16.6 Å². The molecule has 2 aromatic heterocycles. The van der Waals surface area contributed by atoms with E-state index < -0.39 is 10.0 Å². The van der Waals surface area contributed by atoms with Crippen molar-refractivity contribution in [3.63, 3.8) is 0 Å². The van der Waals surface area contributed by atoms with Crippen LogP contribution in [0.4, 0.5) is 11.5 Å². The average Bonchev–Trinajstić information content (AvgIpc) is 3.31. The number of fused-ring (bicyclic) bond motifs is 1. The van der Waals surface area contributed by atoms with Crippen LogP contribution in [0, 0.1) is 6.92 Å². The molecule has 1 fully saturated rings. The summed E-state index contributed by atoms with van der Waals surface area (Å²) in [5.74, 6) is 0.317. The number of amides is 1. The first kappa shape index (κ1) is 23.8. The van der Waals surface area contributed by atoms with Gasteiger partial charge >= 0.3 is 0 Å². The molecule has 2 aromatic carbocycles. The fourth-order valence-corrected chi connectivity index (χ4v) is 5.58. The smallest absolute Gasteiger partial charge is 0.263 e. The van der Waals surface area contributed by atoms with Crippen LogP contribution in [0.25, 0.3) is 10.9 Å². The first-order chi connectivity index (χ1) is 17.3. The maximum absolute atomic E-state index is 13.3. The summed E-state index contributed by atoms with van der Waals surface area (Å²) in [5, 5.41) is 1.14. The Hall–Kier alpha value is -3.92. The van der Waals surface area contributed by atoms with E-state index in [0.29, 0.717) is 26.2 Å². The largest absolute Gasteiger partial charge is 0.368 e. The Labute approximate surface area is 210 Å². The number of nitrogens with one attached hydrogen (secondary N) is 1. The van der Waals surface area contributed by atoms with Gasteiger partial charge in [0.15, 0.2) is 0 Å². The Bertz CT molecular complexity index is 1480. The lowest BCUT2D eigenvalue weighted by Crippen LogP contribution is -2.50. The van der Waals surface area contributed by atoms with Gasteiger partial charge in [-0.15, -0.1) is 0 Å². The van der Waals surface area contributed by atoms with E-state index in [1.165, 1.54) is 24.2 Å². The number of carbonyl (C=O) groups excluding carboxylic acids is 1. The number of aromatic nitrogens is 3. The quantitative estimate of drug-likeness (QED) is 0.432. The average molecular weight is 505 g/mol. The number of hydrogen-bond acceptors (Lipinski definition) is 6. The molecule has 1 aliphatic rings. The van der Waals surface area contributed by atoms with Crippen molar-refractivity contribution in [2.24, 2.45) is 0 Å². The highest BCUT2D eigenvalue weighted by Crippen LogP contribution is 2.25. The number of benzene rings is 2. The molecule has 1 amide bonds. The number of sulfonamides is 1. The van der Waals surface area contributed by atoms with Crippen molar-refractivity contribution >= 4 is 38.3 Å². The van der Waals surface area contributed by atoms with Gasteiger partial charge in [-0.1, -0.05) is 11.6 Å². The predicted octanol–water partition coefficient (Wildman–Crippen LogP) is 3.45. The minimum Gasteiger partial charge on any atom is -0.368 e. The summed E-state index contributed by atoms with van der Waals surface area (Å²) in [6.45, 7) is 6.58. The Balaban J connectivity index is 1.21. The fourth-order valence-electron chi connectivity index (χ4n) is 4.57. The summed E-state index contributed by atoms with van der Waals surface area (Å²) in [5.41, 5.74) is 3.18. The highest BCUT2D eigenvalue weighted by atomic mass is 32.2. The van der Waals surface area contributed by atoms with E-state index in [-0.39, 0.29) is 22.7 Å². The van der Waals surface area contributed by atoms with Crippen molar-refractivity contribution in [2.45, 2.75) is 24.8 Å². The maximum atomic E-state index is 13.3. The monoisotopic (exact) mass is 504 g/mol. The van der Waals surface area contributed by atoms with Crippen LogP contribution in [0.15, 0.2) is 78.2 Å². The summed E-state index contributed by atoms with van der Waals surface area (Å²) >= 11 is 0. The summed E-state index contributed by atoms with van der Waals surface area (Å²) in [6, 6.07) is 16.3. The first-order valence-corrected chi connectivity index (χ1v) is 13.3.